The van der Waals surface area contributed by atoms with Crippen LogP contribution in [-0.4, -0.2) is 12.3 Å². The molecule has 0 aromatic heterocycles. The maximum absolute atomic E-state index is 11.3. The number of hydrogen-bond donors (Lipinski definition) is 1. The Balaban J connectivity index is 3.22. The van der Waals surface area contributed by atoms with Crippen LogP contribution >= 0.6 is 0 Å². The van der Waals surface area contributed by atoms with Gasteiger partial charge in [-0.1, -0.05) is 18.4 Å². The molecule has 0 saturated heterocycles. The van der Waals surface area contributed by atoms with Crippen LogP contribution in [0.2, 0.25) is 0 Å². The van der Waals surface area contributed by atoms with Gasteiger partial charge in [-0.2, -0.15) is 0 Å². The molecule has 0 aliphatic heterocycles. The Morgan fingerprint density at radius 2 is 1.71 bits per heavy atom. The number of nitrogens with two attached hydrogens (primary N) is 1. The van der Waals surface area contributed by atoms with Gasteiger partial charge in [-0.15, -0.1) is 6.58 Å². The molecule has 0 rings (SSSR count). The fourth-order valence-corrected chi connectivity index (χ4v) is 1.30. The van der Waals surface area contributed by atoms with Crippen LogP contribution in [0.5, 0.6) is 0 Å². The highest BCUT2D eigenvalue weighted by molar-refractivity contribution is 5.78. The van der Waals surface area contributed by atoms with Crippen LogP contribution in [0.1, 0.15) is 51.9 Å². The normalized spacial score (nSPS) is 10.1. The molecule has 0 aromatic rings. The number of allylic oxidation sites excluding steroid dienone is 1. The van der Waals surface area contributed by atoms with Gasteiger partial charge in [0.05, 0.1) is 0 Å². The molecule has 0 saturated carbocycles. The number of unbranched alkanes of at least 4 members (excludes halogenated alkanes) is 3. The second-order valence-electron chi connectivity index (χ2n) is 3.95. The molecule has 0 aromatic carbocycles. The molecular formula is C12H23NO. The zero-order chi connectivity index (χ0) is 10.8. The third kappa shape index (κ3) is 9.46. The molecule has 0 bridgehead atoms. The van der Waals surface area contributed by atoms with E-state index in [1.54, 1.807) is 0 Å². The number of ketones is 1. The molecule has 2 heteroatoms. The Morgan fingerprint density at radius 3 is 2.29 bits per heavy atom. The van der Waals surface area contributed by atoms with E-state index in [9.17, 15) is 4.79 Å². The SMILES string of the molecule is C=C(C)CCC(=O)CCCCCCN. The summed E-state index contributed by atoms with van der Waals surface area (Å²) in [5.74, 6) is 0.376. The first-order valence-corrected chi connectivity index (χ1v) is 5.53. The first-order chi connectivity index (χ1) is 6.66. The highest BCUT2D eigenvalue weighted by Gasteiger charge is 2.01. The second kappa shape index (κ2) is 8.95. The van der Waals surface area contributed by atoms with Gasteiger partial charge in [0.15, 0.2) is 0 Å². The van der Waals surface area contributed by atoms with Gasteiger partial charge in [-0.05, 0) is 32.7 Å². The number of hydrogen-bond acceptors (Lipinski definition) is 2. The minimum Gasteiger partial charge on any atom is -0.330 e. The molecule has 0 atom stereocenters. The molecule has 2 N–H and O–H groups in total. The van der Waals surface area contributed by atoms with Gasteiger partial charge in [0.2, 0.25) is 0 Å². The second-order valence-corrected chi connectivity index (χ2v) is 3.95. The maximum Gasteiger partial charge on any atom is 0.133 e. The van der Waals surface area contributed by atoms with Crippen molar-refractivity contribution in [3.8, 4) is 0 Å². The van der Waals surface area contributed by atoms with Gasteiger partial charge in [0.1, 0.15) is 5.78 Å². The first-order valence-electron chi connectivity index (χ1n) is 5.53. The summed E-state index contributed by atoms with van der Waals surface area (Å²) in [7, 11) is 0. The van der Waals surface area contributed by atoms with Gasteiger partial charge in [0.25, 0.3) is 0 Å². The molecule has 0 spiro atoms. The summed E-state index contributed by atoms with van der Waals surface area (Å²) >= 11 is 0. The molecule has 0 fully saturated rings. The molecule has 0 heterocycles. The molecule has 82 valence electrons. The van der Waals surface area contributed by atoms with Crippen LogP contribution in [0, 0.1) is 0 Å². The van der Waals surface area contributed by atoms with Crippen LogP contribution < -0.4 is 5.73 Å². The number of carbonyl (C=O) groups is 1. The van der Waals surface area contributed by atoms with Crippen molar-refractivity contribution in [1.82, 2.24) is 0 Å². The third-order valence-electron chi connectivity index (χ3n) is 2.24. The van der Waals surface area contributed by atoms with E-state index in [1.165, 1.54) is 0 Å². The average molecular weight is 197 g/mol. The van der Waals surface area contributed by atoms with E-state index >= 15 is 0 Å². The lowest BCUT2D eigenvalue weighted by molar-refractivity contribution is -0.119. The number of carbonyl (C=O) groups excluding carboxylic acids is 1. The lowest BCUT2D eigenvalue weighted by Crippen LogP contribution is -2.00. The monoisotopic (exact) mass is 197 g/mol. The van der Waals surface area contributed by atoms with Crippen LogP contribution in [0.15, 0.2) is 12.2 Å². The summed E-state index contributed by atoms with van der Waals surface area (Å²) in [5, 5.41) is 0. The fraction of sp³-hybridized carbons (Fsp3) is 0.750. The topological polar surface area (TPSA) is 43.1 Å². The molecule has 0 amide bonds. The first kappa shape index (κ1) is 13.4. The number of rotatable bonds is 9. The predicted octanol–water partition coefficient (Wildman–Crippen LogP) is 2.82. The Bertz CT molecular complexity index is 175. The Hall–Kier alpha value is -0.630. The minimum absolute atomic E-state index is 0.376. The van der Waals surface area contributed by atoms with E-state index < -0.39 is 0 Å². The lowest BCUT2D eigenvalue weighted by Gasteiger charge is -2.01. The highest BCUT2D eigenvalue weighted by Crippen LogP contribution is 2.07. The lowest BCUT2D eigenvalue weighted by atomic mass is 10.0. The van der Waals surface area contributed by atoms with E-state index in [0.717, 1.165) is 50.6 Å². The minimum atomic E-state index is 0.376. The predicted molar refractivity (Wildman–Crippen MR) is 61.2 cm³/mol. The molecular weight excluding hydrogens is 174 g/mol. The van der Waals surface area contributed by atoms with E-state index in [0.29, 0.717) is 12.2 Å². The average Bonchev–Trinajstić information content (AvgIpc) is 2.14. The van der Waals surface area contributed by atoms with Crippen molar-refractivity contribution in [2.75, 3.05) is 6.54 Å². The molecule has 2 nitrogen and oxygen atoms in total. The maximum atomic E-state index is 11.3. The van der Waals surface area contributed by atoms with Crippen molar-refractivity contribution in [3.05, 3.63) is 12.2 Å². The zero-order valence-corrected chi connectivity index (χ0v) is 9.35. The Morgan fingerprint density at radius 1 is 1.07 bits per heavy atom. The van der Waals surface area contributed by atoms with Crippen molar-refractivity contribution in [2.24, 2.45) is 5.73 Å². The summed E-state index contributed by atoms with van der Waals surface area (Å²) in [6.45, 7) is 6.52. The molecule has 0 aliphatic rings. The van der Waals surface area contributed by atoms with E-state index in [1.807, 2.05) is 6.92 Å². The van der Waals surface area contributed by atoms with Crippen LogP contribution in [0.4, 0.5) is 0 Å². The van der Waals surface area contributed by atoms with Crippen molar-refractivity contribution in [3.63, 3.8) is 0 Å². The van der Waals surface area contributed by atoms with Crippen molar-refractivity contribution in [1.29, 1.82) is 0 Å². The van der Waals surface area contributed by atoms with Gasteiger partial charge >= 0.3 is 0 Å². The van der Waals surface area contributed by atoms with Gasteiger partial charge in [0, 0.05) is 12.8 Å². The number of Topliss-reactive ketones (excluding diaryl/α,β-unsaturated/α-hetero) is 1. The van der Waals surface area contributed by atoms with E-state index in [-0.39, 0.29) is 0 Å². The largest absolute Gasteiger partial charge is 0.330 e. The van der Waals surface area contributed by atoms with Crippen LogP contribution in [0.25, 0.3) is 0 Å². The highest BCUT2D eigenvalue weighted by atomic mass is 16.1. The van der Waals surface area contributed by atoms with Crippen molar-refractivity contribution in [2.45, 2.75) is 51.9 Å². The van der Waals surface area contributed by atoms with E-state index in [2.05, 4.69) is 6.58 Å². The molecule has 14 heavy (non-hydrogen) atoms. The quantitative estimate of drug-likeness (QED) is 0.456. The van der Waals surface area contributed by atoms with Gasteiger partial charge in [-0.25, -0.2) is 0 Å². The van der Waals surface area contributed by atoms with Crippen molar-refractivity contribution < 1.29 is 4.79 Å². The molecule has 0 radical (unpaired) electrons. The standard InChI is InChI=1S/C12H23NO/c1-11(2)8-9-12(14)7-5-3-4-6-10-13/h1,3-10,13H2,2H3. The molecule has 0 unspecified atom stereocenters. The summed E-state index contributed by atoms with van der Waals surface area (Å²) < 4.78 is 0. The van der Waals surface area contributed by atoms with Crippen molar-refractivity contribution >= 4 is 5.78 Å². The summed E-state index contributed by atoms with van der Waals surface area (Å²) in [6, 6.07) is 0. The fourth-order valence-electron chi connectivity index (χ4n) is 1.30. The van der Waals surface area contributed by atoms with E-state index in [4.69, 9.17) is 5.73 Å². The third-order valence-corrected chi connectivity index (χ3v) is 2.24. The molecule has 0 aliphatic carbocycles. The Kier molecular flexibility index (Phi) is 8.54. The van der Waals surface area contributed by atoms with Crippen LogP contribution in [0.3, 0.4) is 0 Å². The van der Waals surface area contributed by atoms with Crippen LogP contribution in [-0.2, 0) is 4.79 Å². The summed E-state index contributed by atoms with van der Waals surface area (Å²) in [6.07, 6.45) is 6.65. The smallest absolute Gasteiger partial charge is 0.133 e. The zero-order valence-electron chi connectivity index (χ0n) is 9.35. The summed E-state index contributed by atoms with van der Waals surface area (Å²) in [4.78, 5) is 11.3. The van der Waals surface area contributed by atoms with Gasteiger partial charge in [-0.3, -0.25) is 4.79 Å². The summed E-state index contributed by atoms with van der Waals surface area (Å²) in [5.41, 5.74) is 6.47. The van der Waals surface area contributed by atoms with Gasteiger partial charge < -0.3 is 5.73 Å². The Labute approximate surface area is 87.6 Å².